The van der Waals surface area contributed by atoms with Crippen LogP contribution in [0.3, 0.4) is 0 Å². The van der Waals surface area contributed by atoms with E-state index in [1.165, 1.54) is 0 Å². The number of ether oxygens (including phenoxy) is 1. The van der Waals surface area contributed by atoms with Crippen LogP contribution in [0.15, 0.2) is 24.3 Å². The standard InChI is InChI=1S/C13H17NO5S/c1-2-19-13(16)9-4-3-5-10(6-9)14-11-7-20(17,18)8-12(11)15/h3-6,11-12,14-15H,2,7-8H2,1H3. The summed E-state index contributed by atoms with van der Waals surface area (Å²) in [6.45, 7) is 2.01. The van der Waals surface area contributed by atoms with Crippen LogP contribution in [0.5, 0.6) is 0 Å². The molecule has 110 valence electrons. The average Bonchev–Trinajstić information content (AvgIpc) is 2.63. The monoisotopic (exact) mass is 299 g/mol. The second-order valence-corrected chi connectivity index (χ2v) is 6.85. The summed E-state index contributed by atoms with van der Waals surface area (Å²) >= 11 is 0. The van der Waals surface area contributed by atoms with E-state index in [9.17, 15) is 18.3 Å². The van der Waals surface area contributed by atoms with E-state index in [0.29, 0.717) is 11.3 Å². The molecule has 2 rings (SSSR count). The van der Waals surface area contributed by atoms with Crippen LogP contribution in [-0.2, 0) is 14.6 Å². The van der Waals surface area contributed by atoms with Crippen LogP contribution in [0.1, 0.15) is 17.3 Å². The summed E-state index contributed by atoms with van der Waals surface area (Å²) in [7, 11) is -3.20. The fourth-order valence-corrected chi connectivity index (χ4v) is 3.87. The number of carbonyl (C=O) groups is 1. The quantitative estimate of drug-likeness (QED) is 0.783. The Kier molecular flexibility index (Phi) is 4.29. The molecular weight excluding hydrogens is 282 g/mol. The maximum atomic E-state index is 11.6. The lowest BCUT2D eigenvalue weighted by atomic mass is 10.1. The number of aliphatic hydroxyl groups is 1. The number of nitrogens with one attached hydrogen (secondary N) is 1. The van der Waals surface area contributed by atoms with Gasteiger partial charge in [-0.3, -0.25) is 0 Å². The summed E-state index contributed by atoms with van der Waals surface area (Å²) in [5.74, 6) is -0.782. The molecule has 0 radical (unpaired) electrons. The first-order valence-electron chi connectivity index (χ1n) is 6.33. The summed E-state index contributed by atoms with van der Waals surface area (Å²) in [4.78, 5) is 11.6. The highest BCUT2D eigenvalue weighted by atomic mass is 32.2. The third-order valence-electron chi connectivity index (χ3n) is 3.05. The van der Waals surface area contributed by atoms with Gasteiger partial charge in [0.2, 0.25) is 0 Å². The highest BCUT2D eigenvalue weighted by Crippen LogP contribution is 2.19. The Labute approximate surface area is 117 Å². The topological polar surface area (TPSA) is 92.7 Å². The Morgan fingerprint density at radius 1 is 1.45 bits per heavy atom. The molecular formula is C13H17NO5S. The first-order valence-corrected chi connectivity index (χ1v) is 8.15. The normalized spacial score (nSPS) is 24.3. The minimum atomic E-state index is -3.20. The molecule has 1 fully saturated rings. The number of rotatable bonds is 4. The molecule has 0 spiro atoms. The van der Waals surface area contributed by atoms with Crippen LogP contribution >= 0.6 is 0 Å². The van der Waals surface area contributed by atoms with E-state index in [4.69, 9.17) is 4.74 Å². The summed E-state index contributed by atoms with van der Waals surface area (Å²) < 4.78 is 27.8. The number of hydrogen-bond donors (Lipinski definition) is 2. The van der Waals surface area contributed by atoms with Gasteiger partial charge in [-0.05, 0) is 25.1 Å². The van der Waals surface area contributed by atoms with Crippen molar-refractivity contribution in [2.75, 3.05) is 23.4 Å². The first kappa shape index (κ1) is 14.8. The highest BCUT2D eigenvalue weighted by Gasteiger charge is 2.36. The molecule has 1 aliphatic heterocycles. The average molecular weight is 299 g/mol. The lowest BCUT2D eigenvalue weighted by molar-refractivity contribution is 0.0526. The summed E-state index contributed by atoms with van der Waals surface area (Å²) in [6, 6.07) is 6.02. The van der Waals surface area contributed by atoms with Gasteiger partial charge in [-0.2, -0.15) is 0 Å². The second kappa shape index (κ2) is 5.80. The van der Waals surface area contributed by atoms with Gasteiger partial charge in [0.1, 0.15) is 0 Å². The van der Waals surface area contributed by atoms with Gasteiger partial charge in [0, 0.05) is 5.69 Å². The highest BCUT2D eigenvalue weighted by molar-refractivity contribution is 7.91. The van der Waals surface area contributed by atoms with Crippen LogP contribution in [-0.4, -0.2) is 49.8 Å². The van der Waals surface area contributed by atoms with Crippen molar-refractivity contribution in [1.82, 2.24) is 0 Å². The summed E-state index contributed by atoms with van der Waals surface area (Å²) in [6.07, 6.45) is -0.939. The number of sulfone groups is 1. The Bertz CT molecular complexity index is 599. The molecule has 0 aromatic heterocycles. The number of aliphatic hydroxyl groups excluding tert-OH is 1. The molecule has 2 unspecified atom stereocenters. The Morgan fingerprint density at radius 2 is 2.20 bits per heavy atom. The van der Waals surface area contributed by atoms with Crippen LogP contribution in [0, 0.1) is 0 Å². The van der Waals surface area contributed by atoms with Crippen LogP contribution < -0.4 is 5.32 Å². The molecule has 2 atom stereocenters. The molecule has 20 heavy (non-hydrogen) atoms. The van der Waals surface area contributed by atoms with E-state index in [1.54, 1.807) is 31.2 Å². The number of hydrogen-bond acceptors (Lipinski definition) is 6. The van der Waals surface area contributed by atoms with Crippen LogP contribution in [0.2, 0.25) is 0 Å². The number of esters is 1. The van der Waals surface area contributed by atoms with Crippen LogP contribution in [0.25, 0.3) is 0 Å². The third-order valence-corrected chi connectivity index (χ3v) is 4.76. The van der Waals surface area contributed by atoms with Crippen LogP contribution in [0.4, 0.5) is 5.69 Å². The molecule has 1 heterocycles. The second-order valence-electron chi connectivity index (χ2n) is 4.70. The van der Waals surface area contributed by atoms with Crippen molar-refractivity contribution < 1.29 is 23.1 Å². The molecule has 6 nitrogen and oxygen atoms in total. The van der Waals surface area contributed by atoms with Gasteiger partial charge in [0.15, 0.2) is 9.84 Å². The van der Waals surface area contributed by atoms with Crippen molar-refractivity contribution in [3.63, 3.8) is 0 Å². The van der Waals surface area contributed by atoms with E-state index in [2.05, 4.69) is 5.32 Å². The van der Waals surface area contributed by atoms with Crippen molar-refractivity contribution in [3.05, 3.63) is 29.8 Å². The van der Waals surface area contributed by atoms with Gasteiger partial charge < -0.3 is 15.2 Å². The van der Waals surface area contributed by atoms with Crippen molar-refractivity contribution in [1.29, 1.82) is 0 Å². The largest absolute Gasteiger partial charge is 0.462 e. The minimum Gasteiger partial charge on any atom is -0.462 e. The van der Waals surface area contributed by atoms with E-state index in [1.807, 2.05) is 0 Å². The van der Waals surface area contributed by atoms with Crippen molar-refractivity contribution in [2.45, 2.75) is 19.1 Å². The van der Waals surface area contributed by atoms with E-state index >= 15 is 0 Å². The van der Waals surface area contributed by atoms with Gasteiger partial charge in [-0.15, -0.1) is 0 Å². The van der Waals surface area contributed by atoms with E-state index in [-0.39, 0.29) is 18.1 Å². The summed E-state index contributed by atoms with van der Waals surface area (Å²) in [5, 5.41) is 12.7. The van der Waals surface area contributed by atoms with Crippen molar-refractivity contribution in [2.24, 2.45) is 0 Å². The zero-order valence-corrected chi connectivity index (χ0v) is 11.9. The zero-order chi connectivity index (χ0) is 14.8. The lowest BCUT2D eigenvalue weighted by Crippen LogP contribution is -2.31. The SMILES string of the molecule is CCOC(=O)c1cccc(NC2CS(=O)(=O)CC2O)c1. The van der Waals surface area contributed by atoms with E-state index < -0.39 is 28.0 Å². The molecule has 7 heteroatoms. The molecule has 1 aromatic carbocycles. The first-order chi connectivity index (χ1) is 9.41. The summed E-state index contributed by atoms with van der Waals surface area (Å²) in [5.41, 5.74) is 0.962. The van der Waals surface area contributed by atoms with E-state index in [0.717, 1.165) is 0 Å². The van der Waals surface area contributed by atoms with Gasteiger partial charge in [-0.25, -0.2) is 13.2 Å². The zero-order valence-electron chi connectivity index (χ0n) is 11.1. The number of anilines is 1. The van der Waals surface area contributed by atoms with Crippen molar-refractivity contribution in [3.8, 4) is 0 Å². The molecule has 1 saturated heterocycles. The van der Waals surface area contributed by atoms with Crippen molar-refractivity contribution >= 4 is 21.5 Å². The van der Waals surface area contributed by atoms with Gasteiger partial charge in [0.05, 0.1) is 35.8 Å². The molecule has 2 N–H and O–H groups in total. The fourth-order valence-electron chi connectivity index (χ4n) is 2.13. The van der Waals surface area contributed by atoms with Gasteiger partial charge in [0.25, 0.3) is 0 Å². The van der Waals surface area contributed by atoms with Gasteiger partial charge in [-0.1, -0.05) is 6.07 Å². The smallest absolute Gasteiger partial charge is 0.338 e. The molecule has 1 aliphatic rings. The predicted octanol–water partition coefficient (Wildman–Crippen LogP) is 0.433. The third kappa shape index (κ3) is 3.49. The fraction of sp³-hybridized carbons (Fsp3) is 0.462. The molecule has 0 bridgehead atoms. The number of carbonyl (C=O) groups excluding carboxylic acids is 1. The Hall–Kier alpha value is -1.60. The predicted molar refractivity (Wildman–Crippen MR) is 74.5 cm³/mol. The maximum absolute atomic E-state index is 11.6. The molecule has 1 aromatic rings. The number of benzene rings is 1. The molecule has 0 saturated carbocycles. The molecule has 0 amide bonds. The molecule has 0 aliphatic carbocycles. The Morgan fingerprint density at radius 3 is 2.80 bits per heavy atom. The maximum Gasteiger partial charge on any atom is 0.338 e. The minimum absolute atomic E-state index is 0.113. The Balaban J connectivity index is 2.11. The van der Waals surface area contributed by atoms with Gasteiger partial charge >= 0.3 is 5.97 Å². The lowest BCUT2D eigenvalue weighted by Gasteiger charge is -2.16.